The van der Waals surface area contributed by atoms with Crippen LogP contribution in [0.1, 0.15) is 30.1 Å². The molecule has 7 heteroatoms. The minimum absolute atomic E-state index is 0.0217. The number of hydrogen-bond acceptors (Lipinski definition) is 6. The monoisotopic (exact) mass is 357 g/mol. The molecule has 138 valence electrons. The molecule has 26 heavy (non-hydrogen) atoms. The number of nitrogens with one attached hydrogen (secondary N) is 2. The van der Waals surface area contributed by atoms with Crippen molar-refractivity contribution >= 4 is 23.0 Å². The highest BCUT2D eigenvalue weighted by atomic mass is 16.3. The van der Waals surface area contributed by atoms with E-state index in [2.05, 4.69) is 17.2 Å². The van der Waals surface area contributed by atoms with Crippen molar-refractivity contribution in [3.05, 3.63) is 56.9 Å². The summed E-state index contributed by atoms with van der Waals surface area (Å²) in [5, 5.41) is 16.2. The number of amides is 1. The molecule has 0 radical (unpaired) electrons. The Kier molecular flexibility index (Phi) is 5.82. The molecule has 0 heterocycles. The number of anilines is 3. The zero-order valence-corrected chi connectivity index (χ0v) is 15.1. The summed E-state index contributed by atoms with van der Waals surface area (Å²) in [6.07, 6.45) is 3.14. The summed E-state index contributed by atoms with van der Waals surface area (Å²) in [6, 6.07) is 4.58. The third-order valence-electron chi connectivity index (χ3n) is 4.14. The second-order valence-electron chi connectivity index (χ2n) is 6.21. The highest BCUT2D eigenvalue weighted by Crippen LogP contribution is 2.32. The standard InChI is InChI=1S/C19H23N3O4/c1-5-8-11(6-2)20-14-15(18(25)17(14)24)21-13-10-7-9-12(16(13)23)19(26)22(3)4/h5,7,9-11,20-21,23H,1,6,8H2,2-4H3. The van der Waals surface area contributed by atoms with Gasteiger partial charge in [-0.25, -0.2) is 0 Å². The highest BCUT2D eigenvalue weighted by Gasteiger charge is 2.24. The Morgan fingerprint density at radius 3 is 2.50 bits per heavy atom. The van der Waals surface area contributed by atoms with Gasteiger partial charge in [0.2, 0.25) is 0 Å². The van der Waals surface area contributed by atoms with Crippen LogP contribution >= 0.6 is 0 Å². The predicted octanol–water partition coefficient (Wildman–Crippen LogP) is 2.20. The van der Waals surface area contributed by atoms with E-state index < -0.39 is 10.9 Å². The topological polar surface area (TPSA) is 98.7 Å². The molecule has 1 unspecified atom stereocenters. The van der Waals surface area contributed by atoms with Crippen molar-refractivity contribution in [2.24, 2.45) is 0 Å². The van der Waals surface area contributed by atoms with Crippen LogP contribution in [0.15, 0.2) is 40.4 Å². The molecule has 0 aromatic heterocycles. The normalized spacial score (nSPS) is 11.8. The molecular formula is C19H23N3O4. The molecule has 0 saturated heterocycles. The molecule has 0 bridgehead atoms. The molecule has 3 N–H and O–H groups in total. The average molecular weight is 357 g/mol. The van der Waals surface area contributed by atoms with E-state index in [0.717, 1.165) is 6.42 Å². The number of nitrogens with zero attached hydrogens (tertiary/aromatic N) is 1. The van der Waals surface area contributed by atoms with Crippen LogP contribution in [0.5, 0.6) is 5.75 Å². The minimum Gasteiger partial charge on any atom is -0.505 e. The number of rotatable bonds is 8. The lowest BCUT2D eigenvalue weighted by molar-refractivity contribution is 0.0824. The van der Waals surface area contributed by atoms with Crippen molar-refractivity contribution in [3.63, 3.8) is 0 Å². The summed E-state index contributed by atoms with van der Waals surface area (Å²) in [5.41, 5.74) is -0.703. The van der Waals surface area contributed by atoms with Gasteiger partial charge in [0.15, 0.2) is 5.75 Å². The number of phenolic OH excluding ortho intramolecular Hbond substituents is 1. The van der Waals surface area contributed by atoms with Gasteiger partial charge in [0.05, 0.1) is 11.3 Å². The Morgan fingerprint density at radius 1 is 1.27 bits per heavy atom. The fourth-order valence-electron chi connectivity index (χ4n) is 2.57. The van der Waals surface area contributed by atoms with Crippen LogP contribution in [0, 0.1) is 0 Å². The van der Waals surface area contributed by atoms with Gasteiger partial charge >= 0.3 is 0 Å². The van der Waals surface area contributed by atoms with Crippen molar-refractivity contribution in [2.45, 2.75) is 25.8 Å². The van der Waals surface area contributed by atoms with Crippen LogP contribution in [0.3, 0.4) is 0 Å². The Morgan fingerprint density at radius 2 is 1.92 bits per heavy atom. The Bertz CT molecular complexity index is 895. The van der Waals surface area contributed by atoms with E-state index in [1.54, 1.807) is 26.2 Å². The van der Waals surface area contributed by atoms with E-state index in [-0.39, 0.29) is 40.3 Å². The second-order valence-corrected chi connectivity index (χ2v) is 6.21. The molecule has 2 aromatic carbocycles. The van der Waals surface area contributed by atoms with Crippen LogP contribution in [0.2, 0.25) is 0 Å². The molecule has 1 atom stereocenters. The zero-order chi connectivity index (χ0) is 19.4. The summed E-state index contributed by atoms with van der Waals surface area (Å²) in [6.45, 7) is 5.64. The van der Waals surface area contributed by atoms with Crippen LogP contribution in [0.4, 0.5) is 17.1 Å². The molecule has 0 aliphatic carbocycles. The van der Waals surface area contributed by atoms with Crippen molar-refractivity contribution < 1.29 is 9.90 Å². The number of benzene rings is 1. The summed E-state index contributed by atoms with van der Waals surface area (Å²) < 4.78 is 0. The summed E-state index contributed by atoms with van der Waals surface area (Å²) in [5.74, 6) is -0.644. The van der Waals surface area contributed by atoms with Gasteiger partial charge in [0.1, 0.15) is 11.4 Å². The van der Waals surface area contributed by atoms with Crippen molar-refractivity contribution in [2.75, 3.05) is 24.7 Å². The fourth-order valence-corrected chi connectivity index (χ4v) is 2.57. The highest BCUT2D eigenvalue weighted by molar-refractivity contribution is 5.99. The Balaban J connectivity index is 2.33. The van der Waals surface area contributed by atoms with E-state index in [0.29, 0.717) is 6.42 Å². The summed E-state index contributed by atoms with van der Waals surface area (Å²) in [7, 11) is 3.15. The lowest BCUT2D eigenvalue weighted by Gasteiger charge is -2.21. The molecule has 2 aromatic rings. The zero-order valence-electron chi connectivity index (χ0n) is 15.1. The van der Waals surface area contributed by atoms with E-state index in [9.17, 15) is 19.5 Å². The second kappa shape index (κ2) is 7.86. The van der Waals surface area contributed by atoms with Gasteiger partial charge in [-0.3, -0.25) is 14.4 Å². The van der Waals surface area contributed by atoms with Gasteiger partial charge in [0.25, 0.3) is 16.8 Å². The van der Waals surface area contributed by atoms with Crippen LogP contribution in [-0.4, -0.2) is 36.1 Å². The first-order chi connectivity index (χ1) is 12.3. The largest absolute Gasteiger partial charge is 0.505 e. The first-order valence-electron chi connectivity index (χ1n) is 8.33. The summed E-state index contributed by atoms with van der Waals surface area (Å²) in [4.78, 5) is 37.3. The average Bonchev–Trinajstić information content (AvgIpc) is 2.63. The third kappa shape index (κ3) is 3.61. The number of aromatic hydroxyl groups is 1. The van der Waals surface area contributed by atoms with Gasteiger partial charge in [-0.05, 0) is 25.0 Å². The molecule has 2 rings (SSSR count). The third-order valence-corrected chi connectivity index (χ3v) is 4.14. The number of carbonyl (C=O) groups is 1. The maximum atomic E-state index is 12.1. The minimum atomic E-state index is -0.662. The first kappa shape index (κ1) is 19.2. The Hall–Kier alpha value is -3.09. The molecular weight excluding hydrogens is 334 g/mol. The van der Waals surface area contributed by atoms with Crippen LogP contribution in [-0.2, 0) is 0 Å². The maximum Gasteiger partial charge on any atom is 0.257 e. The first-order valence-corrected chi connectivity index (χ1v) is 8.33. The van der Waals surface area contributed by atoms with Crippen molar-refractivity contribution in [3.8, 4) is 5.75 Å². The van der Waals surface area contributed by atoms with Gasteiger partial charge in [-0.2, -0.15) is 0 Å². The molecule has 1 amide bonds. The molecule has 7 nitrogen and oxygen atoms in total. The fraction of sp³-hybridized carbons (Fsp3) is 0.316. The van der Waals surface area contributed by atoms with Crippen molar-refractivity contribution in [1.82, 2.24) is 4.90 Å². The molecule has 0 fully saturated rings. The number of para-hydroxylation sites is 1. The Labute approximate surface area is 151 Å². The van der Waals surface area contributed by atoms with Gasteiger partial charge < -0.3 is 20.6 Å². The quantitative estimate of drug-likeness (QED) is 0.381. The lowest BCUT2D eigenvalue weighted by Crippen LogP contribution is -2.38. The SMILES string of the molecule is C=CCC(CC)Nc1c(Nc2cccc(C(=O)N(C)C)c2O)c(=O)c1=O. The molecule has 0 saturated carbocycles. The number of hydrogen-bond donors (Lipinski definition) is 3. The van der Waals surface area contributed by atoms with Crippen LogP contribution < -0.4 is 21.5 Å². The maximum absolute atomic E-state index is 12.1. The predicted molar refractivity (Wildman–Crippen MR) is 103 cm³/mol. The van der Waals surface area contributed by atoms with Gasteiger partial charge in [-0.15, -0.1) is 6.58 Å². The van der Waals surface area contributed by atoms with Crippen molar-refractivity contribution in [1.29, 1.82) is 0 Å². The van der Waals surface area contributed by atoms with E-state index >= 15 is 0 Å². The molecule has 0 spiro atoms. The number of carbonyl (C=O) groups excluding carboxylic acids is 1. The van der Waals surface area contributed by atoms with E-state index in [1.165, 1.54) is 17.0 Å². The lowest BCUT2D eigenvalue weighted by atomic mass is 10.1. The van der Waals surface area contributed by atoms with E-state index in [4.69, 9.17) is 0 Å². The number of phenols is 1. The van der Waals surface area contributed by atoms with Gasteiger partial charge in [-0.1, -0.05) is 19.1 Å². The van der Waals surface area contributed by atoms with Crippen LogP contribution in [0.25, 0.3) is 0 Å². The van der Waals surface area contributed by atoms with Gasteiger partial charge in [0, 0.05) is 20.1 Å². The molecule has 0 aliphatic heterocycles. The smallest absolute Gasteiger partial charge is 0.257 e. The summed E-state index contributed by atoms with van der Waals surface area (Å²) >= 11 is 0. The molecule has 0 aliphatic rings. The van der Waals surface area contributed by atoms with E-state index in [1.807, 2.05) is 6.92 Å².